The largest absolute Gasteiger partial charge is 0.480 e. The van der Waals surface area contributed by atoms with Crippen LogP contribution in [0.3, 0.4) is 0 Å². The summed E-state index contributed by atoms with van der Waals surface area (Å²) in [4.78, 5) is 44.1. The molecule has 2 N–H and O–H groups in total. The number of amides is 1. The zero-order chi connectivity index (χ0) is 28.3. The third-order valence-electron chi connectivity index (χ3n) is 5.80. The molecule has 0 spiro atoms. The Hall–Kier alpha value is -3.32. The van der Waals surface area contributed by atoms with Gasteiger partial charge in [-0.3, -0.25) is 14.2 Å². The highest BCUT2D eigenvalue weighted by atomic mass is 19.4. The van der Waals surface area contributed by atoms with Crippen LogP contribution >= 0.6 is 0 Å². The van der Waals surface area contributed by atoms with Gasteiger partial charge >= 0.3 is 12.1 Å². The van der Waals surface area contributed by atoms with Crippen LogP contribution in [-0.2, 0) is 16.1 Å². The van der Waals surface area contributed by atoms with E-state index in [0.29, 0.717) is 4.90 Å². The third kappa shape index (κ3) is 5.99. The molecule has 37 heavy (non-hydrogen) atoms. The van der Waals surface area contributed by atoms with Crippen LogP contribution in [0.1, 0.15) is 51.9 Å². The predicted octanol–water partition coefficient (Wildman–Crippen LogP) is 4.62. The summed E-state index contributed by atoms with van der Waals surface area (Å²) in [5, 5.41) is 9.37. The summed E-state index contributed by atoms with van der Waals surface area (Å²) < 4.78 is 82.5. The minimum Gasteiger partial charge on any atom is -0.480 e. The van der Waals surface area contributed by atoms with Gasteiger partial charge in [0.1, 0.15) is 18.0 Å². The van der Waals surface area contributed by atoms with Gasteiger partial charge < -0.3 is 15.0 Å². The maximum absolute atomic E-state index is 13.8. The number of nitrogens with one attached hydrogen (secondary N) is 1. The lowest BCUT2D eigenvalue weighted by atomic mass is 9.64. The van der Waals surface area contributed by atoms with E-state index in [0.717, 1.165) is 11.5 Å². The summed E-state index contributed by atoms with van der Waals surface area (Å²) in [7, 11) is 0. The SMILES string of the molecule is C=CC[C@@H](C(=O)O)n1ccc2[nH]c(CN(CC(C)F)C(=O)C3(C(F)(F)F)CC(F)(F)C3)nc2c1=O.CC. The number of rotatable bonds is 9. The number of hydrogen-bond donors (Lipinski definition) is 2. The van der Waals surface area contributed by atoms with Crippen molar-refractivity contribution in [3.05, 3.63) is 41.1 Å². The summed E-state index contributed by atoms with van der Waals surface area (Å²) in [6.07, 6.45) is -8.18. The van der Waals surface area contributed by atoms with Crippen molar-refractivity contribution in [3.8, 4) is 0 Å². The average molecular weight is 538 g/mol. The molecule has 0 aliphatic heterocycles. The fourth-order valence-corrected chi connectivity index (χ4v) is 4.19. The second kappa shape index (κ2) is 11.0. The quantitative estimate of drug-likeness (QED) is 0.358. The number of pyridine rings is 1. The molecule has 2 aromatic heterocycles. The van der Waals surface area contributed by atoms with E-state index in [1.54, 1.807) is 0 Å². The van der Waals surface area contributed by atoms with Gasteiger partial charge in [-0.25, -0.2) is 22.9 Å². The third-order valence-corrected chi connectivity index (χ3v) is 5.80. The van der Waals surface area contributed by atoms with Gasteiger partial charge in [-0.05, 0) is 19.4 Å². The van der Waals surface area contributed by atoms with Gasteiger partial charge in [0, 0.05) is 19.0 Å². The molecule has 0 radical (unpaired) electrons. The molecule has 1 fully saturated rings. The number of halogens is 6. The van der Waals surface area contributed by atoms with E-state index in [9.17, 15) is 45.8 Å². The average Bonchev–Trinajstić information content (AvgIpc) is 3.19. The molecule has 206 valence electrons. The Bertz CT molecular complexity index is 1200. The first-order chi connectivity index (χ1) is 17.1. The first-order valence-electron chi connectivity index (χ1n) is 11.4. The minimum absolute atomic E-state index is 0.0845. The van der Waals surface area contributed by atoms with Crippen molar-refractivity contribution in [3.63, 3.8) is 0 Å². The maximum Gasteiger partial charge on any atom is 0.403 e. The van der Waals surface area contributed by atoms with Gasteiger partial charge in [0.25, 0.3) is 11.5 Å². The zero-order valence-electron chi connectivity index (χ0n) is 20.4. The molecule has 14 heteroatoms. The maximum atomic E-state index is 13.8. The number of carbonyl (C=O) groups excluding carboxylic acids is 1. The summed E-state index contributed by atoms with van der Waals surface area (Å²) in [5.41, 5.74) is -4.37. The highest BCUT2D eigenvalue weighted by molar-refractivity contribution is 5.85. The number of hydrogen-bond acceptors (Lipinski definition) is 4. The Labute approximate surface area is 208 Å². The molecule has 8 nitrogen and oxygen atoms in total. The smallest absolute Gasteiger partial charge is 0.403 e. The van der Waals surface area contributed by atoms with Crippen LogP contribution in [0.25, 0.3) is 11.0 Å². The Morgan fingerprint density at radius 1 is 1.32 bits per heavy atom. The molecule has 1 unspecified atom stereocenters. The van der Waals surface area contributed by atoms with Crippen molar-refractivity contribution in [2.24, 2.45) is 5.41 Å². The van der Waals surface area contributed by atoms with Crippen molar-refractivity contribution >= 4 is 22.9 Å². The van der Waals surface area contributed by atoms with E-state index in [1.165, 1.54) is 18.3 Å². The molecule has 1 amide bonds. The lowest BCUT2D eigenvalue weighted by Crippen LogP contribution is -2.63. The molecular formula is C23H28F6N4O4. The van der Waals surface area contributed by atoms with Gasteiger partial charge in [-0.2, -0.15) is 13.2 Å². The molecular weight excluding hydrogens is 510 g/mol. The number of aromatic nitrogens is 3. The van der Waals surface area contributed by atoms with Crippen LogP contribution in [0.4, 0.5) is 26.3 Å². The van der Waals surface area contributed by atoms with Crippen molar-refractivity contribution in [1.29, 1.82) is 0 Å². The fourth-order valence-electron chi connectivity index (χ4n) is 4.19. The highest BCUT2D eigenvalue weighted by Crippen LogP contribution is 2.61. The summed E-state index contributed by atoms with van der Waals surface area (Å²) in [6, 6.07) is 0.0156. The molecule has 1 aliphatic carbocycles. The van der Waals surface area contributed by atoms with Crippen molar-refractivity contribution in [2.75, 3.05) is 6.54 Å². The van der Waals surface area contributed by atoms with Crippen molar-refractivity contribution in [1.82, 2.24) is 19.4 Å². The molecule has 0 bridgehead atoms. The lowest BCUT2D eigenvalue weighted by molar-refractivity contribution is -0.299. The molecule has 1 aliphatic rings. The molecule has 0 saturated heterocycles. The number of carboxylic acids is 1. The Kier molecular flexibility index (Phi) is 8.87. The van der Waals surface area contributed by atoms with Crippen molar-refractivity contribution in [2.45, 2.75) is 70.9 Å². The van der Waals surface area contributed by atoms with Gasteiger partial charge in [0.2, 0.25) is 5.91 Å². The number of nitrogens with zero attached hydrogens (tertiary/aromatic N) is 3. The predicted molar refractivity (Wildman–Crippen MR) is 122 cm³/mol. The normalized spacial score (nSPS) is 17.6. The summed E-state index contributed by atoms with van der Waals surface area (Å²) in [6.45, 7) is 6.87. The number of fused-ring (bicyclic) bond motifs is 1. The number of imidazole rings is 1. The number of H-pyrrole nitrogens is 1. The monoisotopic (exact) mass is 538 g/mol. The number of alkyl halides is 6. The van der Waals surface area contributed by atoms with E-state index in [2.05, 4.69) is 16.5 Å². The fraction of sp³-hybridized carbons (Fsp3) is 0.565. The van der Waals surface area contributed by atoms with Crippen LogP contribution in [0.5, 0.6) is 0 Å². The Morgan fingerprint density at radius 2 is 1.92 bits per heavy atom. The van der Waals surface area contributed by atoms with E-state index in [1.807, 2.05) is 13.8 Å². The first kappa shape index (κ1) is 29.9. The molecule has 3 rings (SSSR count). The van der Waals surface area contributed by atoms with E-state index in [-0.39, 0.29) is 23.3 Å². The molecule has 0 aromatic carbocycles. The number of carbonyl (C=O) groups is 2. The van der Waals surface area contributed by atoms with E-state index in [4.69, 9.17) is 0 Å². The summed E-state index contributed by atoms with van der Waals surface area (Å²) in [5.74, 6) is -6.92. The number of aliphatic carboxylic acids is 1. The van der Waals surface area contributed by atoms with E-state index >= 15 is 0 Å². The van der Waals surface area contributed by atoms with Gasteiger partial charge in [0.05, 0.1) is 18.6 Å². The Morgan fingerprint density at radius 3 is 2.38 bits per heavy atom. The molecule has 2 aromatic rings. The van der Waals surface area contributed by atoms with Gasteiger partial charge in [0.15, 0.2) is 10.9 Å². The molecule has 2 heterocycles. The standard InChI is InChI=1S/C21H22F6N4O4.C2H6/c1-3-4-13(17(33)34)31-6-5-12-15(16(31)32)29-14(28-12)8-30(7-11(2)22)18(35)19(21(25,26)27)9-20(23,24)10-19;1-2/h3,5-6,11,13H,1,4,7-10H2,2H3,(H,28,29)(H,33,34);1-2H3/t11?,13-;/m0./s1. The summed E-state index contributed by atoms with van der Waals surface area (Å²) >= 11 is 0. The number of carboxylic acid groups (broad SMARTS) is 1. The van der Waals surface area contributed by atoms with Crippen LogP contribution in [0.15, 0.2) is 29.7 Å². The topological polar surface area (TPSA) is 108 Å². The van der Waals surface area contributed by atoms with Crippen LogP contribution in [-0.4, -0.2) is 61.2 Å². The lowest BCUT2D eigenvalue weighted by Gasteiger charge is -2.48. The second-order valence-electron chi connectivity index (χ2n) is 8.61. The number of aromatic amines is 1. The van der Waals surface area contributed by atoms with E-state index < -0.39 is 73.1 Å². The Balaban J connectivity index is 0.00000235. The molecule has 2 atom stereocenters. The van der Waals surface area contributed by atoms with Gasteiger partial charge in [-0.15, -0.1) is 6.58 Å². The van der Waals surface area contributed by atoms with Crippen molar-refractivity contribution < 1.29 is 41.0 Å². The first-order valence-corrected chi connectivity index (χ1v) is 11.4. The highest BCUT2D eigenvalue weighted by Gasteiger charge is 2.74. The van der Waals surface area contributed by atoms with Crippen LogP contribution in [0, 0.1) is 5.41 Å². The second-order valence-corrected chi connectivity index (χ2v) is 8.61. The van der Waals surface area contributed by atoms with Crippen LogP contribution < -0.4 is 5.56 Å². The molecule has 1 saturated carbocycles. The van der Waals surface area contributed by atoms with Crippen LogP contribution in [0.2, 0.25) is 0 Å². The van der Waals surface area contributed by atoms with Gasteiger partial charge in [-0.1, -0.05) is 19.9 Å². The number of allylic oxidation sites excluding steroid dienone is 1. The minimum atomic E-state index is -5.29. The zero-order valence-corrected chi connectivity index (χ0v) is 20.4.